The fraction of sp³-hybridized carbons (Fsp3) is 0.140. The van der Waals surface area contributed by atoms with E-state index >= 15 is 0 Å². The van der Waals surface area contributed by atoms with Crippen LogP contribution in [-0.2, 0) is 11.8 Å². The van der Waals surface area contributed by atoms with E-state index in [-0.39, 0.29) is 11.6 Å². The Morgan fingerprint density at radius 2 is 1.44 bits per heavy atom. The molecular formula is C50H40N2O3. The highest BCUT2D eigenvalue weighted by atomic mass is 16.5. The summed E-state index contributed by atoms with van der Waals surface area (Å²) in [6.45, 7) is 6.81. The number of aryl methyl sites for hydroxylation is 1. The number of furan rings is 1. The molecule has 1 aliphatic carbocycles. The number of aliphatic imine (C=N–C) groups is 1. The zero-order valence-electron chi connectivity index (χ0n) is 31.3. The lowest BCUT2D eigenvalue weighted by Crippen LogP contribution is -2.15. The van der Waals surface area contributed by atoms with Gasteiger partial charge in [0.25, 0.3) is 0 Å². The Labute approximate surface area is 320 Å². The van der Waals surface area contributed by atoms with E-state index in [0.717, 1.165) is 73.5 Å². The topological polar surface area (TPSA) is 56.0 Å². The summed E-state index contributed by atoms with van der Waals surface area (Å²) in [4.78, 5) is 4.66. The van der Waals surface area contributed by atoms with Crippen LogP contribution in [0.15, 0.2) is 155 Å². The summed E-state index contributed by atoms with van der Waals surface area (Å²) < 4.78 is 19.3. The molecule has 0 radical (unpaired) electrons. The third-order valence-electron chi connectivity index (χ3n) is 11.4. The summed E-state index contributed by atoms with van der Waals surface area (Å²) in [5, 5.41) is 5.89. The quantitative estimate of drug-likeness (QED) is 0.137. The number of fused-ring (bicyclic) bond motifs is 7. The number of ether oxygens (including phenoxy) is 2. The maximum Gasteiger partial charge on any atom is 0.221 e. The molecule has 268 valence electrons. The van der Waals surface area contributed by atoms with Gasteiger partial charge in [-0.2, -0.15) is 0 Å². The summed E-state index contributed by atoms with van der Waals surface area (Å²) in [5.74, 6) is 2.20. The van der Waals surface area contributed by atoms with Crippen LogP contribution in [0.1, 0.15) is 54.8 Å². The molecule has 5 heteroatoms. The van der Waals surface area contributed by atoms with Crippen molar-refractivity contribution in [3.05, 3.63) is 173 Å². The van der Waals surface area contributed by atoms with Gasteiger partial charge in [-0.05, 0) is 123 Å². The van der Waals surface area contributed by atoms with Crippen molar-refractivity contribution in [2.24, 2.45) is 4.99 Å². The molecular weight excluding hydrogens is 677 g/mol. The maximum absolute atomic E-state index is 6.55. The number of nitrogens with one attached hydrogen (secondary N) is 1. The molecule has 1 N–H and O–H groups in total. The first kappa shape index (κ1) is 33.0. The highest BCUT2D eigenvalue weighted by molar-refractivity contribution is 6.07. The lowest BCUT2D eigenvalue weighted by molar-refractivity contribution is 0.260. The largest absolute Gasteiger partial charge is 0.464 e. The summed E-state index contributed by atoms with van der Waals surface area (Å²) in [5.41, 5.74) is 15.3. The summed E-state index contributed by atoms with van der Waals surface area (Å²) >= 11 is 0. The molecule has 7 aromatic carbocycles. The molecule has 0 saturated heterocycles. The fourth-order valence-electron chi connectivity index (χ4n) is 8.47. The predicted molar refractivity (Wildman–Crippen MR) is 224 cm³/mol. The van der Waals surface area contributed by atoms with Crippen LogP contribution in [0, 0.1) is 0 Å². The first-order valence-electron chi connectivity index (χ1n) is 19.0. The van der Waals surface area contributed by atoms with Crippen LogP contribution in [0.4, 0.5) is 5.69 Å². The van der Waals surface area contributed by atoms with Gasteiger partial charge in [0.15, 0.2) is 6.23 Å². The van der Waals surface area contributed by atoms with Crippen molar-refractivity contribution in [2.75, 3.05) is 12.4 Å². The number of anilines is 1. The van der Waals surface area contributed by atoms with Crippen LogP contribution in [0.25, 0.3) is 55.3 Å². The van der Waals surface area contributed by atoms with Crippen LogP contribution in [0.2, 0.25) is 0 Å². The van der Waals surface area contributed by atoms with Gasteiger partial charge in [-0.3, -0.25) is 4.99 Å². The zero-order valence-corrected chi connectivity index (χ0v) is 31.3. The first-order valence-corrected chi connectivity index (χ1v) is 19.0. The number of hydrogen-bond acceptors (Lipinski definition) is 5. The van der Waals surface area contributed by atoms with Crippen LogP contribution < -0.4 is 14.8 Å². The normalized spacial score (nSPS) is 15.3. The molecule has 2 heterocycles. The molecule has 10 rings (SSSR count). The van der Waals surface area contributed by atoms with Crippen molar-refractivity contribution in [1.82, 2.24) is 0 Å². The standard InChI is InChI=1S/C50H40N2O3/c1-5-30-13-6-9-18-44(30)54-48(51-4)35-24-34(25-36(26-35)49-52-43-17-8-11-20-46(43)55-49)32-15-12-14-31(23-32)33-21-22-37-39-29-47-40(38-16-7-10-19-45(38)53-47)28-42(39)50(2,3)41(37)27-33/h6-29,49,52H,5H2,1-4H3/b51-48+. The van der Waals surface area contributed by atoms with Crippen LogP contribution in [-0.4, -0.2) is 12.9 Å². The van der Waals surface area contributed by atoms with Gasteiger partial charge >= 0.3 is 0 Å². The van der Waals surface area contributed by atoms with Crippen LogP contribution in [0.3, 0.4) is 0 Å². The van der Waals surface area contributed by atoms with Crippen molar-refractivity contribution >= 4 is 33.5 Å². The zero-order chi connectivity index (χ0) is 37.3. The lowest BCUT2D eigenvalue weighted by atomic mass is 9.81. The van der Waals surface area contributed by atoms with Gasteiger partial charge in [0.2, 0.25) is 5.90 Å². The summed E-state index contributed by atoms with van der Waals surface area (Å²) in [7, 11) is 1.78. The van der Waals surface area contributed by atoms with E-state index in [4.69, 9.17) is 13.9 Å². The molecule has 0 fully saturated rings. The van der Waals surface area contributed by atoms with Crippen molar-refractivity contribution in [1.29, 1.82) is 0 Å². The molecule has 0 spiro atoms. The van der Waals surface area contributed by atoms with Crippen LogP contribution in [0.5, 0.6) is 11.5 Å². The van der Waals surface area contributed by atoms with Crippen molar-refractivity contribution < 1.29 is 13.9 Å². The lowest BCUT2D eigenvalue weighted by Gasteiger charge is -2.22. The molecule has 55 heavy (non-hydrogen) atoms. The molecule has 1 aliphatic heterocycles. The molecule has 1 unspecified atom stereocenters. The minimum atomic E-state index is -0.360. The maximum atomic E-state index is 6.55. The second-order valence-corrected chi connectivity index (χ2v) is 15.0. The van der Waals surface area contributed by atoms with Gasteiger partial charge < -0.3 is 19.2 Å². The van der Waals surface area contributed by atoms with E-state index in [0.29, 0.717) is 5.90 Å². The molecule has 8 aromatic rings. The van der Waals surface area contributed by atoms with E-state index in [1.54, 1.807) is 7.05 Å². The minimum Gasteiger partial charge on any atom is -0.464 e. The van der Waals surface area contributed by atoms with Gasteiger partial charge in [-0.1, -0.05) is 99.6 Å². The SMILES string of the molecule is CCc1ccccc1O/C(=N/C)c1cc(-c2cccc(-c3ccc4c(c3)C(C)(C)c3cc5c(cc3-4)oc3ccccc35)c2)cc(C2Nc3ccccc3O2)c1. The van der Waals surface area contributed by atoms with Crippen LogP contribution >= 0.6 is 0 Å². The first-order chi connectivity index (χ1) is 26.9. The average Bonchev–Trinajstić information content (AvgIpc) is 3.89. The number of rotatable bonds is 6. The predicted octanol–water partition coefficient (Wildman–Crippen LogP) is 12.7. The molecule has 0 saturated carbocycles. The Morgan fingerprint density at radius 3 is 2.29 bits per heavy atom. The highest BCUT2D eigenvalue weighted by Crippen LogP contribution is 2.52. The fourth-order valence-corrected chi connectivity index (χ4v) is 8.47. The van der Waals surface area contributed by atoms with E-state index in [9.17, 15) is 0 Å². The Morgan fingerprint density at radius 1 is 0.673 bits per heavy atom. The Bertz CT molecular complexity index is 2820. The Balaban J connectivity index is 1.04. The Kier molecular flexibility index (Phi) is 7.67. The second kappa shape index (κ2) is 12.8. The average molecular weight is 717 g/mol. The number of benzene rings is 7. The summed E-state index contributed by atoms with van der Waals surface area (Å²) in [6.07, 6.45) is 0.501. The van der Waals surface area contributed by atoms with E-state index < -0.39 is 0 Å². The monoisotopic (exact) mass is 716 g/mol. The van der Waals surface area contributed by atoms with Crippen molar-refractivity contribution in [3.8, 4) is 44.9 Å². The van der Waals surface area contributed by atoms with Gasteiger partial charge in [0.05, 0.1) is 5.69 Å². The minimum absolute atomic E-state index is 0.174. The van der Waals surface area contributed by atoms with Gasteiger partial charge in [0, 0.05) is 34.4 Å². The van der Waals surface area contributed by atoms with Gasteiger partial charge in [-0.15, -0.1) is 0 Å². The van der Waals surface area contributed by atoms with E-state index in [1.807, 2.05) is 54.6 Å². The number of nitrogens with zero attached hydrogens (tertiary/aromatic N) is 1. The molecule has 1 aromatic heterocycles. The molecule has 2 aliphatic rings. The number of para-hydroxylation sites is 4. The summed E-state index contributed by atoms with van der Waals surface area (Å²) in [6, 6.07) is 51.3. The van der Waals surface area contributed by atoms with Crippen molar-refractivity contribution in [3.63, 3.8) is 0 Å². The third kappa shape index (κ3) is 5.49. The third-order valence-corrected chi connectivity index (χ3v) is 11.4. The van der Waals surface area contributed by atoms with Crippen molar-refractivity contribution in [2.45, 2.75) is 38.8 Å². The van der Waals surface area contributed by atoms with E-state index in [2.05, 4.69) is 122 Å². The second-order valence-electron chi connectivity index (χ2n) is 15.0. The molecule has 5 nitrogen and oxygen atoms in total. The molecule has 0 amide bonds. The smallest absolute Gasteiger partial charge is 0.221 e. The molecule has 1 atom stereocenters. The Hall–Kier alpha value is -6.59. The van der Waals surface area contributed by atoms with E-state index in [1.165, 1.54) is 33.2 Å². The molecule has 0 bridgehead atoms. The van der Waals surface area contributed by atoms with Gasteiger partial charge in [-0.25, -0.2) is 0 Å². The highest BCUT2D eigenvalue weighted by Gasteiger charge is 2.36. The number of hydrogen-bond donors (Lipinski definition) is 1. The van der Waals surface area contributed by atoms with Gasteiger partial charge in [0.1, 0.15) is 22.7 Å².